The Balaban J connectivity index is 0.958. The fraction of sp³-hybridized carbons (Fsp3) is 0.0294. The Hall–Kier alpha value is -8.56. The summed E-state index contributed by atoms with van der Waals surface area (Å²) in [5.74, 6) is 0. The molecule has 0 N–H and O–H groups in total. The van der Waals surface area contributed by atoms with Gasteiger partial charge in [-0.05, 0) is 144 Å². The number of rotatable bonds is 6. The number of hydrogen-bond acceptors (Lipinski definition) is 2. The van der Waals surface area contributed by atoms with E-state index >= 15 is 0 Å². The molecule has 326 valence electrons. The van der Waals surface area contributed by atoms with Crippen LogP contribution in [0.2, 0.25) is 0 Å². The lowest BCUT2D eigenvalue weighted by molar-refractivity contribution is 0.768. The van der Waals surface area contributed by atoms with E-state index in [4.69, 9.17) is 0 Å². The van der Waals surface area contributed by atoms with Crippen molar-refractivity contribution in [1.82, 2.24) is 0 Å². The molecule has 1 heterocycles. The normalized spacial score (nSPS) is 13.9. The number of anilines is 3. The summed E-state index contributed by atoms with van der Waals surface area (Å²) in [6, 6.07) is 98.0. The summed E-state index contributed by atoms with van der Waals surface area (Å²) >= 11 is 1.87. The third-order valence-corrected chi connectivity index (χ3v) is 16.9. The van der Waals surface area contributed by atoms with Gasteiger partial charge in [0.15, 0.2) is 0 Å². The van der Waals surface area contributed by atoms with Crippen LogP contribution in [-0.2, 0) is 10.8 Å². The molecule has 0 saturated carbocycles. The molecule has 0 bridgehead atoms. The van der Waals surface area contributed by atoms with Crippen LogP contribution in [0.15, 0.2) is 261 Å². The van der Waals surface area contributed by atoms with Crippen molar-refractivity contribution in [1.29, 1.82) is 0 Å². The van der Waals surface area contributed by atoms with Gasteiger partial charge in [0.2, 0.25) is 0 Å². The van der Waals surface area contributed by atoms with Crippen molar-refractivity contribution in [2.75, 3.05) is 4.90 Å². The Morgan fingerprint density at radius 2 is 0.700 bits per heavy atom. The summed E-state index contributed by atoms with van der Waals surface area (Å²) in [6.45, 7) is 0. The summed E-state index contributed by atoms with van der Waals surface area (Å²) in [5.41, 5.74) is 23.0. The molecule has 1 nitrogen and oxygen atoms in total. The molecule has 0 radical (unpaired) electrons. The second-order valence-corrected chi connectivity index (χ2v) is 20.1. The standard InChI is InChI=1S/C68H43NS/c1-3-17-46(18-4-1)67(47-19-5-2-6-20-47)59-26-12-10-24-54(59)57-42-49(37-39-63(57)67)69(48-34-31-44(32-35-48)45-33-40-66-58(41-45)56-25-11-16-30-65(56)70-66)50-36-38-55-53-23-9-15-29-62(53)68(64(55)43-50)60-27-13-7-21-51(60)52-22-8-14-28-61(52)68/h1-43H. The van der Waals surface area contributed by atoms with Crippen LogP contribution in [0.5, 0.6) is 0 Å². The van der Waals surface area contributed by atoms with Gasteiger partial charge in [-0.3, -0.25) is 0 Å². The van der Waals surface area contributed by atoms with Crippen molar-refractivity contribution < 1.29 is 0 Å². The number of benzene rings is 11. The first kappa shape index (κ1) is 39.4. The Bertz CT molecular complexity index is 3970. The second kappa shape index (κ2) is 15.0. The maximum atomic E-state index is 2.51. The van der Waals surface area contributed by atoms with Gasteiger partial charge in [0.25, 0.3) is 0 Å². The molecule has 2 heteroatoms. The van der Waals surface area contributed by atoms with E-state index in [0.717, 1.165) is 17.1 Å². The highest BCUT2D eigenvalue weighted by atomic mass is 32.1. The zero-order chi connectivity index (χ0) is 46.0. The van der Waals surface area contributed by atoms with Crippen LogP contribution in [-0.4, -0.2) is 0 Å². The van der Waals surface area contributed by atoms with Crippen LogP contribution < -0.4 is 4.90 Å². The predicted octanol–water partition coefficient (Wildman–Crippen LogP) is 17.9. The quantitative estimate of drug-likeness (QED) is 0.161. The van der Waals surface area contributed by atoms with Crippen molar-refractivity contribution >= 4 is 48.6 Å². The van der Waals surface area contributed by atoms with Gasteiger partial charge < -0.3 is 4.90 Å². The minimum absolute atomic E-state index is 0.461. The molecule has 15 rings (SSSR count). The van der Waals surface area contributed by atoms with E-state index in [-0.39, 0.29) is 0 Å². The first-order valence-corrected chi connectivity index (χ1v) is 25.1. The fourth-order valence-electron chi connectivity index (χ4n) is 13.0. The number of fused-ring (bicyclic) bond motifs is 16. The predicted molar refractivity (Wildman–Crippen MR) is 293 cm³/mol. The molecule has 0 aliphatic heterocycles. The molecule has 0 atom stereocenters. The Morgan fingerprint density at radius 3 is 1.33 bits per heavy atom. The maximum Gasteiger partial charge on any atom is 0.0726 e. The van der Waals surface area contributed by atoms with Gasteiger partial charge in [-0.1, -0.05) is 206 Å². The van der Waals surface area contributed by atoms with Crippen molar-refractivity contribution in [2.24, 2.45) is 0 Å². The molecule has 3 aliphatic rings. The van der Waals surface area contributed by atoms with Crippen molar-refractivity contribution in [3.05, 3.63) is 305 Å². The summed E-state index contributed by atoms with van der Waals surface area (Å²) in [4.78, 5) is 2.50. The third kappa shape index (κ3) is 5.31. The van der Waals surface area contributed by atoms with Gasteiger partial charge >= 0.3 is 0 Å². The number of nitrogens with zero attached hydrogens (tertiary/aromatic N) is 1. The molecular formula is C68H43NS. The monoisotopic (exact) mass is 905 g/mol. The van der Waals surface area contributed by atoms with Crippen molar-refractivity contribution in [3.63, 3.8) is 0 Å². The largest absolute Gasteiger partial charge is 0.310 e. The molecule has 1 spiro atoms. The van der Waals surface area contributed by atoms with Crippen LogP contribution in [0.25, 0.3) is 64.7 Å². The first-order chi connectivity index (χ1) is 34.7. The topological polar surface area (TPSA) is 3.24 Å². The SMILES string of the molecule is c1ccc(C2(c3ccccc3)c3ccccc3-c3cc(N(c4ccc(-c5ccc6sc7ccccc7c6c5)cc4)c4ccc5c(c4)C4(c6ccccc6-c6ccccc64)c4ccccc4-5)ccc32)cc1. The van der Waals surface area contributed by atoms with Gasteiger partial charge in [0.1, 0.15) is 0 Å². The number of hydrogen-bond donors (Lipinski definition) is 0. The molecule has 11 aromatic carbocycles. The lowest BCUT2D eigenvalue weighted by atomic mass is 9.68. The van der Waals surface area contributed by atoms with Gasteiger partial charge in [0, 0.05) is 37.2 Å². The van der Waals surface area contributed by atoms with Crippen LogP contribution in [0, 0.1) is 0 Å². The summed E-state index contributed by atoms with van der Waals surface area (Å²) < 4.78 is 2.64. The molecule has 0 amide bonds. The average Bonchev–Trinajstić information content (AvgIpc) is 4.14. The van der Waals surface area contributed by atoms with Crippen molar-refractivity contribution in [3.8, 4) is 44.5 Å². The van der Waals surface area contributed by atoms with Gasteiger partial charge in [-0.2, -0.15) is 0 Å². The van der Waals surface area contributed by atoms with Gasteiger partial charge in [-0.25, -0.2) is 0 Å². The van der Waals surface area contributed by atoms with Crippen LogP contribution >= 0.6 is 11.3 Å². The molecule has 0 fully saturated rings. The van der Waals surface area contributed by atoms with E-state index in [1.165, 1.54) is 109 Å². The summed E-state index contributed by atoms with van der Waals surface area (Å²) in [7, 11) is 0. The molecule has 3 aliphatic carbocycles. The second-order valence-electron chi connectivity index (χ2n) is 19.1. The van der Waals surface area contributed by atoms with E-state index in [1.807, 2.05) is 11.3 Å². The molecule has 0 saturated heterocycles. The molecule has 1 aromatic heterocycles. The van der Waals surface area contributed by atoms with Gasteiger partial charge in [-0.15, -0.1) is 11.3 Å². The lowest BCUT2D eigenvalue weighted by Crippen LogP contribution is -2.28. The van der Waals surface area contributed by atoms with Crippen LogP contribution in [0.4, 0.5) is 17.1 Å². The van der Waals surface area contributed by atoms with Crippen LogP contribution in [0.1, 0.15) is 44.5 Å². The number of thiophene rings is 1. The maximum absolute atomic E-state index is 2.51. The minimum Gasteiger partial charge on any atom is -0.310 e. The van der Waals surface area contributed by atoms with E-state index in [1.54, 1.807) is 0 Å². The van der Waals surface area contributed by atoms with Crippen molar-refractivity contribution in [2.45, 2.75) is 10.8 Å². The molecular weight excluding hydrogens is 863 g/mol. The highest BCUT2D eigenvalue weighted by Crippen LogP contribution is 2.64. The minimum atomic E-state index is -0.483. The van der Waals surface area contributed by atoms with Crippen LogP contribution in [0.3, 0.4) is 0 Å². The van der Waals surface area contributed by atoms with E-state index in [9.17, 15) is 0 Å². The van der Waals surface area contributed by atoms with E-state index in [2.05, 4.69) is 266 Å². The zero-order valence-electron chi connectivity index (χ0n) is 38.2. The lowest BCUT2D eigenvalue weighted by Gasteiger charge is -2.34. The highest BCUT2D eigenvalue weighted by Gasteiger charge is 2.52. The zero-order valence-corrected chi connectivity index (χ0v) is 39.0. The smallest absolute Gasteiger partial charge is 0.0726 e. The summed E-state index contributed by atoms with van der Waals surface area (Å²) in [6.07, 6.45) is 0. The van der Waals surface area contributed by atoms with E-state index in [0.29, 0.717) is 0 Å². The highest BCUT2D eigenvalue weighted by molar-refractivity contribution is 7.25. The Kier molecular flexibility index (Phi) is 8.43. The van der Waals surface area contributed by atoms with Gasteiger partial charge in [0.05, 0.1) is 10.8 Å². The molecule has 70 heavy (non-hydrogen) atoms. The summed E-state index contributed by atoms with van der Waals surface area (Å²) in [5, 5.41) is 2.63. The average molecular weight is 906 g/mol. The Labute approximate surface area is 411 Å². The molecule has 0 unspecified atom stereocenters. The van der Waals surface area contributed by atoms with E-state index < -0.39 is 10.8 Å². The Morgan fingerprint density at radius 1 is 0.257 bits per heavy atom. The first-order valence-electron chi connectivity index (χ1n) is 24.3. The molecule has 12 aromatic rings. The fourth-order valence-corrected chi connectivity index (χ4v) is 14.0. The third-order valence-electron chi connectivity index (χ3n) is 15.8.